The smallest absolute Gasteiger partial charge is 0.342 e. The second kappa shape index (κ2) is 9.77. The number of methoxy groups -OCH3 is 1. The predicted molar refractivity (Wildman–Crippen MR) is 134 cm³/mol. The van der Waals surface area contributed by atoms with Crippen molar-refractivity contribution >= 4 is 56.2 Å². The molecule has 3 aromatic carbocycles. The van der Waals surface area contributed by atoms with Crippen LogP contribution in [0.3, 0.4) is 0 Å². The first-order valence-electron chi connectivity index (χ1n) is 10.4. The zero-order chi connectivity index (χ0) is 25.2. The number of hydrogen-bond acceptors (Lipinski definition) is 6. The Bertz CT molecular complexity index is 1540. The minimum absolute atomic E-state index is 0.0288. The molecule has 0 saturated carbocycles. The van der Waals surface area contributed by atoms with Crippen LogP contribution in [0.5, 0.6) is 0 Å². The lowest BCUT2D eigenvalue weighted by atomic mass is 10.1. The molecule has 0 bridgehead atoms. The van der Waals surface area contributed by atoms with Crippen molar-refractivity contribution in [3.05, 3.63) is 101 Å². The highest BCUT2D eigenvalue weighted by Gasteiger charge is 2.31. The Labute approximate surface area is 207 Å². The molecule has 7 nitrogen and oxygen atoms in total. The molecular formula is C26H20ClNO6S. The van der Waals surface area contributed by atoms with Crippen LogP contribution in [0.2, 0.25) is 5.02 Å². The zero-order valence-corrected chi connectivity index (χ0v) is 20.3. The first-order chi connectivity index (χ1) is 16.7. The van der Waals surface area contributed by atoms with E-state index in [4.69, 9.17) is 20.8 Å². The van der Waals surface area contributed by atoms with E-state index < -0.39 is 21.9 Å². The van der Waals surface area contributed by atoms with Gasteiger partial charge in [-0.1, -0.05) is 41.9 Å². The van der Waals surface area contributed by atoms with Crippen molar-refractivity contribution in [3.8, 4) is 0 Å². The SMILES string of the molecule is COC(=O)c1c(C)oc2ccc(N(C(=O)/C=C/c3ccccc3)S(=O)(=O)c3ccc(Cl)cc3)cc12. The molecular weight excluding hydrogens is 490 g/mol. The Morgan fingerprint density at radius 3 is 2.34 bits per heavy atom. The molecule has 0 saturated heterocycles. The van der Waals surface area contributed by atoms with Gasteiger partial charge in [0.2, 0.25) is 0 Å². The molecule has 0 N–H and O–H groups in total. The average molecular weight is 510 g/mol. The van der Waals surface area contributed by atoms with Gasteiger partial charge in [0.25, 0.3) is 15.9 Å². The fourth-order valence-corrected chi connectivity index (χ4v) is 5.09. The maximum Gasteiger partial charge on any atom is 0.342 e. The number of hydrogen-bond donors (Lipinski definition) is 0. The molecule has 0 aliphatic rings. The van der Waals surface area contributed by atoms with Gasteiger partial charge in [-0.15, -0.1) is 0 Å². The number of benzene rings is 3. The molecule has 178 valence electrons. The van der Waals surface area contributed by atoms with Crippen molar-refractivity contribution in [3.63, 3.8) is 0 Å². The van der Waals surface area contributed by atoms with Gasteiger partial charge in [-0.2, -0.15) is 4.31 Å². The van der Waals surface area contributed by atoms with Crippen molar-refractivity contribution in [1.82, 2.24) is 0 Å². The Balaban J connectivity index is 1.88. The average Bonchev–Trinajstić information content (AvgIpc) is 3.18. The van der Waals surface area contributed by atoms with Crippen LogP contribution in [-0.4, -0.2) is 27.4 Å². The summed E-state index contributed by atoms with van der Waals surface area (Å²) in [6, 6.07) is 18.8. The van der Waals surface area contributed by atoms with Crippen LogP contribution in [0.4, 0.5) is 5.69 Å². The standard InChI is InChI=1S/C26H20ClNO6S/c1-17-25(26(30)33-2)22-16-20(11-14-23(22)34-17)28(24(29)15-8-18-6-4-3-5-7-18)35(31,32)21-12-9-19(27)10-13-21/h3-16H,1-2H3/b15-8+. The molecule has 35 heavy (non-hydrogen) atoms. The van der Waals surface area contributed by atoms with E-state index in [-0.39, 0.29) is 16.1 Å². The number of esters is 1. The van der Waals surface area contributed by atoms with Crippen LogP contribution in [0.1, 0.15) is 21.7 Å². The van der Waals surface area contributed by atoms with Gasteiger partial charge in [0, 0.05) is 16.5 Å². The van der Waals surface area contributed by atoms with Crippen LogP contribution >= 0.6 is 11.6 Å². The molecule has 0 unspecified atom stereocenters. The fourth-order valence-electron chi connectivity index (χ4n) is 3.59. The highest BCUT2D eigenvalue weighted by molar-refractivity contribution is 7.93. The molecule has 0 atom stereocenters. The second-order valence-electron chi connectivity index (χ2n) is 7.51. The highest BCUT2D eigenvalue weighted by atomic mass is 35.5. The summed E-state index contributed by atoms with van der Waals surface area (Å²) in [6.45, 7) is 1.60. The largest absolute Gasteiger partial charge is 0.465 e. The van der Waals surface area contributed by atoms with E-state index in [1.807, 2.05) is 6.07 Å². The van der Waals surface area contributed by atoms with E-state index in [1.165, 1.54) is 61.7 Å². The number of carbonyl (C=O) groups is 2. The first kappa shape index (κ1) is 24.3. The Kier molecular flexibility index (Phi) is 6.77. The topological polar surface area (TPSA) is 93.9 Å². The van der Waals surface area contributed by atoms with Crippen LogP contribution in [0.15, 0.2) is 88.2 Å². The monoisotopic (exact) mass is 509 g/mol. The second-order valence-corrected chi connectivity index (χ2v) is 9.73. The molecule has 9 heteroatoms. The zero-order valence-electron chi connectivity index (χ0n) is 18.8. The summed E-state index contributed by atoms with van der Waals surface area (Å²) < 4.78 is 38.4. The molecule has 1 aromatic heterocycles. The van der Waals surface area contributed by atoms with E-state index in [9.17, 15) is 18.0 Å². The molecule has 0 aliphatic heterocycles. The van der Waals surface area contributed by atoms with E-state index in [2.05, 4.69) is 0 Å². The molecule has 0 aliphatic carbocycles. The van der Waals surface area contributed by atoms with Gasteiger partial charge >= 0.3 is 5.97 Å². The quantitative estimate of drug-likeness (QED) is 0.247. The number of sulfonamides is 1. The van der Waals surface area contributed by atoms with Gasteiger partial charge in [0.05, 0.1) is 17.7 Å². The molecule has 4 rings (SSSR count). The lowest BCUT2D eigenvalue weighted by Crippen LogP contribution is -2.35. The highest BCUT2D eigenvalue weighted by Crippen LogP contribution is 2.33. The number of amides is 1. The number of nitrogens with zero attached hydrogens (tertiary/aromatic N) is 1. The van der Waals surface area contributed by atoms with Crippen molar-refractivity contribution in [2.45, 2.75) is 11.8 Å². The van der Waals surface area contributed by atoms with Gasteiger partial charge < -0.3 is 9.15 Å². The summed E-state index contributed by atoms with van der Waals surface area (Å²) in [6.07, 6.45) is 2.70. The van der Waals surface area contributed by atoms with Crippen LogP contribution < -0.4 is 4.31 Å². The minimum atomic E-state index is -4.35. The maximum atomic E-state index is 13.6. The van der Waals surface area contributed by atoms with E-state index in [0.29, 0.717) is 26.1 Å². The van der Waals surface area contributed by atoms with Crippen molar-refractivity contribution in [2.24, 2.45) is 0 Å². The van der Waals surface area contributed by atoms with Gasteiger partial charge in [-0.3, -0.25) is 4.79 Å². The number of ether oxygens (including phenoxy) is 1. The normalized spacial score (nSPS) is 11.6. The summed E-state index contributed by atoms with van der Waals surface area (Å²) >= 11 is 5.93. The van der Waals surface area contributed by atoms with E-state index >= 15 is 0 Å². The van der Waals surface area contributed by atoms with Crippen molar-refractivity contribution in [2.75, 3.05) is 11.4 Å². The van der Waals surface area contributed by atoms with Crippen LogP contribution in [0, 0.1) is 6.92 Å². The van der Waals surface area contributed by atoms with Crippen molar-refractivity contribution < 1.29 is 27.2 Å². The lowest BCUT2D eigenvalue weighted by molar-refractivity contribution is -0.113. The molecule has 1 heterocycles. The van der Waals surface area contributed by atoms with Gasteiger partial charge in [0.15, 0.2) is 0 Å². The van der Waals surface area contributed by atoms with Gasteiger partial charge in [-0.05, 0) is 61.0 Å². The fraction of sp³-hybridized carbons (Fsp3) is 0.0769. The third-order valence-electron chi connectivity index (χ3n) is 5.24. The minimum Gasteiger partial charge on any atom is -0.465 e. The summed E-state index contributed by atoms with van der Waals surface area (Å²) in [5, 5.41) is 0.673. The maximum absolute atomic E-state index is 13.6. The summed E-state index contributed by atoms with van der Waals surface area (Å²) in [5.41, 5.74) is 1.25. The van der Waals surface area contributed by atoms with E-state index in [0.717, 1.165) is 5.56 Å². The molecule has 1 amide bonds. The van der Waals surface area contributed by atoms with Crippen LogP contribution in [-0.2, 0) is 19.6 Å². The number of fused-ring (bicyclic) bond motifs is 1. The summed E-state index contributed by atoms with van der Waals surface area (Å²) in [4.78, 5) is 25.5. The van der Waals surface area contributed by atoms with Gasteiger partial charge in [-0.25, -0.2) is 13.2 Å². The third-order valence-corrected chi connectivity index (χ3v) is 7.23. The first-order valence-corrected chi connectivity index (χ1v) is 12.2. The van der Waals surface area contributed by atoms with Crippen LogP contribution in [0.25, 0.3) is 17.0 Å². The lowest BCUT2D eigenvalue weighted by Gasteiger charge is -2.21. The summed E-state index contributed by atoms with van der Waals surface area (Å²) in [7, 11) is -3.11. The summed E-state index contributed by atoms with van der Waals surface area (Å²) in [5.74, 6) is -1.13. The van der Waals surface area contributed by atoms with E-state index in [1.54, 1.807) is 31.2 Å². The molecule has 4 aromatic rings. The Morgan fingerprint density at radius 1 is 1.00 bits per heavy atom. The number of rotatable bonds is 6. The van der Waals surface area contributed by atoms with Crippen molar-refractivity contribution in [1.29, 1.82) is 0 Å². The number of anilines is 1. The molecule has 0 fully saturated rings. The predicted octanol–water partition coefficient (Wildman–Crippen LogP) is 5.62. The van der Waals surface area contributed by atoms with Gasteiger partial charge in [0.1, 0.15) is 16.9 Å². The molecule has 0 spiro atoms. The Hall–Kier alpha value is -3.88. The number of aryl methyl sites for hydroxylation is 1. The number of halogens is 1. The number of furan rings is 1. The Morgan fingerprint density at radius 2 is 1.69 bits per heavy atom. The molecule has 0 radical (unpaired) electrons. The third kappa shape index (κ3) is 4.84. The number of carbonyl (C=O) groups excluding carboxylic acids is 2.